The second-order valence-corrected chi connectivity index (χ2v) is 8.31. The average Bonchev–Trinajstić information content (AvgIpc) is 3.33. The van der Waals surface area contributed by atoms with Crippen molar-refractivity contribution in [1.82, 2.24) is 5.43 Å². The van der Waals surface area contributed by atoms with Crippen LogP contribution in [0.5, 0.6) is 0 Å². The van der Waals surface area contributed by atoms with E-state index in [1.807, 2.05) is 36.4 Å². The van der Waals surface area contributed by atoms with E-state index in [0.29, 0.717) is 5.92 Å². The molecular weight excluding hydrogens is 332 g/mol. The third-order valence-electron chi connectivity index (χ3n) is 6.44. The summed E-state index contributed by atoms with van der Waals surface area (Å²) in [6, 6.07) is 20.7. The fourth-order valence-corrected chi connectivity index (χ4v) is 4.86. The molecule has 2 aromatic carbocycles. The summed E-state index contributed by atoms with van der Waals surface area (Å²) < 4.78 is 0. The van der Waals surface area contributed by atoms with Crippen LogP contribution in [0.3, 0.4) is 0 Å². The fourth-order valence-electron chi connectivity index (χ4n) is 4.86. The Morgan fingerprint density at radius 1 is 1.00 bits per heavy atom. The highest BCUT2D eigenvalue weighted by Crippen LogP contribution is 2.66. The van der Waals surface area contributed by atoms with Crippen molar-refractivity contribution in [2.75, 3.05) is 0 Å². The summed E-state index contributed by atoms with van der Waals surface area (Å²) in [6.45, 7) is 2.28. The molecule has 0 saturated heterocycles. The van der Waals surface area contributed by atoms with Gasteiger partial charge in [0.05, 0.1) is 0 Å². The van der Waals surface area contributed by atoms with Gasteiger partial charge in [0.1, 0.15) is 0 Å². The minimum absolute atomic E-state index is 0.114. The summed E-state index contributed by atoms with van der Waals surface area (Å²) >= 11 is 0. The molecule has 0 aromatic heterocycles. The molecule has 0 radical (unpaired) electrons. The maximum atomic E-state index is 12.8. The summed E-state index contributed by atoms with van der Waals surface area (Å²) in [6.07, 6.45) is 6.40. The van der Waals surface area contributed by atoms with Crippen LogP contribution in [-0.2, 0) is 17.6 Å². The topological polar surface area (TPSA) is 41.5 Å². The fraction of sp³-hybridized carbons (Fsp3) is 0.417. The molecule has 3 nitrogen and oxygen atoms in total. The van der Waals surface area contributed by atoms with Crippen molar-refractivity contribution in [3.8, 4) is 0 Å². The lowest BCUT2D eigenvalue weighted by Gasteiger charge is -2.15. The van der Waals surface area contributed by atoms with Gasteiger partial charge < -0.3 is 0 Å². The number of hydrogen-bond acceptors (Lipinski definition) is 2. The maximum absolute atomic E-state index is 12.8. The van der Waals surface area contributed by atoms with Crippen molar-refractivity contribution in [3.63, 3.8) is 0 Å². The molecule has 1 amide bonds. The van der Waals surface area contributed by atoms with Gasteiger partial charge in [-0.3, -0.25) is 4.79 Å². The average molecular weight is 361 g/mol. The van der Waals surface area contributed by atoms with E-state index < -0.39 is 0 Å². The molecule has 0 bridgehead atoms. The number of benzene rings is 2. The lowest BCUT2D eigenvalue weighted by atomic mass is 9.90. The number of rotatable bonds is 6. The van der Waals surface area contributed by atoms with Crippen LogP contribution in [0.25, 0.3) is 0 Å². The number of hydrogen-bond donors (Lipinski definition) is 1. The van der Waals surface area contributed by atoms with Crippen molar-refractivity contribution in [3.05, 3.63) is 71.8 Å². The van der Waals surface area contributed by atoms with Gasteiger partial charge in [0.15, 0.2) is 0 Å². The third-order valence-corrected chi connectivity index (χ3v) is 6.44. The SMILES string of the molecule is C[C@]12CCCC[C@H]1[C@H]2C(=O)NN=C(Cc1ccccc1)Cc1ccccc1. The van der Waals surface area contributed by atoms with E-state index in [9.17, 15) is 4.79 Å². The Morgan fingerprint density at radius 3 is 2.11 bits per heavy atom. The van der Waals surface area contributed by atoms with Crippen molar-refractivity contribution < 1.29 is 4.79 Å². The molecule has 2 aliphatic rings. The van der Waals surface area contributed by atoms with E-state index in [1.54, 1.807) is 0 Å². The zero-order valence-corrected chi connectivity index (χ0v) is 16.0. The lowest BCUT2D eigenvalue weighted by Crippen LogP contribution is -2.25. The van der Waals surface area contributed by atoms with Crippen LogP contribution in [0.2, 0.25) is 0 Å². The van der Waals surface area contributed by atoms with Crippen molar-refractivity contribution in [2.24, 2.45) is 22.4 Å². The Balaban J connectivity index is 1.47. The Hall–Kier alpha value is -2.42. The van der Waals surface area contributed by atoms with E-state index in [4.69, 9.17) is 0 Å². The molecule has 0 spiro atoms. The molecule has 1 N–H and O–H groups in total. The molecule has 3 heteroatoms. The molecule has 140 valence electrons. The molecule has 2 aliphatic carbocycles. The maximum Gasteiger partial charge on any atom is 0.244 e. The van der Waals surface area contributed by atoms with Gasteiger partial charge in [0, 0.05) is 24.5 Å². The highest BCUT2D eigenvalue weighted by atomic mass is 16.2. The number of carbonyl (C=O) groups is 1. The molecular formula is C24H28N2O. The van der Waals surface area contributed by atoms with Gasteiger partial charge >= 0.3 is 0 Å². The predicted octanol–water partition coefficient (Wildman–Crippen LogP) is 4.77. The first-order valence-electron chi connectivity index (χ1n) is 10.1. The zero-order chi connectivity index (χ0) is 18.7. The minimum Gasteiger partial charge on any atom is -0.273 e. The van der Waals surface area contributed by atoms with Crippen LogP contribution in [0.1, 0.15) is 43.7 Å². The van der Waals surface area contributed by atoms with E-state index >= 15 is 0 Å². The zero-order valence-electron chi connectivity index (χ0n) is 16.0. The van der Waals surface area contributed by atoms with Gasteiger partial charge in [-0.1, -0.05) is 80.4 Å². The summed E-state index contributed by atoms with van der Waals surface area (Å²) in [5.74, 6) is 0.828. The molecule has 0 aliphatic heterocycles. The van der Waals surface area contributed by atoms with Gasteiger partial charge in [-0.25, -0.2) is 5.43 Å². The first-order chi connectivity index (χ1) is 13.2. The van der Waals surface area contributed by atoms with Crippen LogP contribution in [0.4, 0.5) is 0 Å². The molecule has 4 rings (SSSR count). The molecule has 2 saturated carbocycles. The summed E-state index contributed by atoms with van der Waals surface area (Å²) in [5.41, 5.74) is 6.56. The molecule has 0 heterocycles. The van der Waals surface area contributed by atoms with Crippen molar-refractivity contribution in [1.29, 1.82) is 0 Å². The molecule has 3 atom stereocenters. The summed E-state index contributed by atoms with van der Waals surface area (Å²) in [7, 11) is 0. The van der Waals surface area contributed by atoms with Crippen molar-refractivity contribution >= 4 is 11.6 Å². The van der Waals surface area contributed by atoms with Gasteiger partial charge in [0.2, 0.25) is 5.91 Å². The quantitative estimate of drug-likeness (QED) is 0.585. The van der Waals surface area contributed by atoms with E-state index in [2.05, 4.69) is 41.7 Å². The van der Waals surface area contributed by atoms with Crippen LogP contribution in [0, 0.1) is 17.3 Å². The number of amides is 1. The molecule has 2 fully saturated rings. The first-order valence-corrected chi connectivity index (χ1v) is 10.1. The largest absolute Gasteiger partial charge is 0.273 e. The standard InChI is InChI=1S/C24H28N2O/c1-24-15-9-8-14-21(24)22(24)23(27)26-25-20(16-18-10-4-2-5-11-18)17-19-12-6-3-7-13-19/h2-7,10-13,21-22H,8-9,14-17H2,1H3,(H,26,27)/t21-,22-,24-/m0/s1. The van der Waals surface area contributed by atoms with Gasteiger partial charge in [-0.2, -0.15) is 5.10 Å². The van der Waals surface area contributed by atoms with Crippen LogP contribution >= 0.6 is 0 Å². The summed E-state index contributed by atoms with van der Waals surface area (Å²) in [5, 5.41) is 4.58. The van der Waals surface area contributed by atoms with Crippen LogP contribution in [-0.4, -0.2) is 11.6 Å². The Labute approximate surface area is 161 Å². The van der Waals surface area contributed by atoms with Gasteiger partial charge in [-0.15, -0.1) is 0 Å². The van der Waals surface area contributed by atoms with E-state index in [-0.39, 0.29) is 17.2 Å². The Morgan fingerprint density at radius 2 is 1.59 bits per heavy atom. The second kappa shape index (κ2) is 7.67. The van der Waals surface area contributed by atoms with Gasteiger partial charge in [-0.05, 0) is 35.3 Å². The van der Waals surface area contributed by atoms with Gasteiger partial charge in [0.25, 0.3) is 0 Å². The molecule has 0 unspecified atom stereocenters. The smallest absolute Gasteiger partial charge is 0.244 e. The van der Waals surface area contributed by atoms with Crippen LogP contribution in [0.15, 0.2) is 65.8 Å². The highest BCUT2D eigenvalue weighted by Gasteiger charge is 2.64. The Bertz CT molecular complexity index is 771. The number of nitrogens with one attached hydrogen (secondary N) is 1. The van der Waals surface area contributed by atoms with E-state index in [1.165, 1.54) is 36.8 Å². The number of nitrogens with zero attached hydrogens (tertiary/aromatic N) is 1. The lowest BCUT2D eigenvalue weighted by molar-refractivity contribution is -0.123. The number of fused-ring (bicyclic) bond motifs is 1. The molecule has 27 heavy (non-hydrogen) atoms. The Kier molecular flexibility index (Phi) is 5.11. The highest BCUT2D eigenvalue weighted by molar-refractivity contribution is 5.90. The second-order valence-electron chi connectivity index (χ2n) is 8.31. The monoisotopic (exact) mass is 360 g/mol. The molecule has 2 aromatic rings. The predicted molar refractivity (Wildman–Crippen MR) is 109 cm³/mol. The minimum atomic E-state index is 0.114. The summed E-state index contributed by atoms with van der Waals surface area (Å²) in [4.78, 5) is 12.8. The van der Waals surface area contributed by atoms with Crippen LogP contribution < -0.4 is 5.43 Å². The number of hydrazone groups is 1. The normalized spacial score (nSPS) is 26.0. The third kappa shape index (κ3) is 3.97. The number of carbonyl (C=O) groups excluding carboxylic acids is 1. The first kappa shape index (κ1) is 18.0. The van der Waals surface area contributed by atoms with E-state index in [0.717, 1.165) is 18.6 Å². The van der Waals surface area contributed by atoms with Crippen molar-refractivity contribution in [2.45, 2.75) is 45.4 Å².